The molecule has 2 rings (SSSR count). The van der Waals surface area contributed by atoms with Crippen LogP contribution in [0.4, 0.5) is 11.4 Å². The Morgan fingerprint density at radius 3 is 2.83 bits per heavy atom. The molecule has 5 heteroatoms. The number of benzene rings is 1. The molecule has 0 radical (unpaired) electrons. The predicted octanol–water partition coefficient (Wildman–Crippen LogP) is 1.99. The average molecular weight is 244 g/mol. The Bertz CT molecular complexity index is 547. The topological polar surface area (TPSA) is 59.0 Å². The summed E-state index contributed by atoms with van der Waals surface area (Å²) in [6.07, 6.45) is 3.79. The lowest BCUT2D eigenvalue weighted by Gasteiger charge is -2.07. The molecule has 18 heavy (non-hydrogen) atoms. The molecule has 0 saturated heterocycles. The average Bonchev–Trinajstić information content (AvgIpc) is 2.72. The second kappa shape index (κ2) is 5.35. The second-order valence-electron chi connectivity index (χ2n) is 4.14. The molecule has 1 aromatic heterocycles. The standard InChI is InChI=1S/C13H16N4O/c1-10(18)16-13-5-3-4-12(6-13)14-7-11-8-15-17(2)9-11/h3-6,8-9,14H,7H2,1-2H3,(H,16,18). The van der Waals surface area contributed by atoms with Gasteiger partial charge in [0.15, 0.2) is 0 Å². The Labute approximate surface area is 106 Å². The fraction of sp³-hybridized carbons (Fsp3) is 0.231. The van der Waals surface area contributed by atoms with Gasteiger partial charge in [-0.3, -0.25) is 9.48 Å². The van der Waals surface area contributed by atoms with E-state index in [4.69, 9.17) is 0 Å². The van der Waals surface area contributed by atoms with Gasteiger partial charge in [0.05, 0.1) is 6.20 Å². The van der Waals surface area contributed by atoms with Crippen molar-refractivity contribution in [2.45, 2.75) is 13.5 Å². The molecule has 0 unspecified atom stereocenters. The van der Waals surface area contributed by atoms with E-state index in [0.29, 0.717) is 6.54 Å². The molecule has 2 aromatic rings. The van der Waals surface area contributed by atoms with Gasteiger partial charge in [-0.15, -0.1) is 0 Å². The van der Waals surface area contributed by atoms with Crippen molar-refractivity contribution in [3.63, 3.8) is 0 Å². The summed E-state index contributed by atoms with van der Waals surface area (Å²) >= 11 is 0. The highest BCUT2D eigenvalue weighted by Crippen LogP contribution is 2.15. The van der Waals surface area contributed by atoms with Crippen LogP contribution in [0.1, 0.15) is 12.5 Å². The van der Waals surface area contributed by atoms with E-state index in [2.05, 4.69) is 15.7 Å². The highest BCUT2D eigenvalue weighted by Gasteiger charge is 1.99. The molecule has 5 nitrogen and oxygen atoms in total. The number of rotatable bonds is 4. The first-order chi connectivity index (χ1) is 8.63. The molecule has 0 spiro atoms. The Morgan fingerprint density at radius 1 is 1.39 bits per heavy atom. The summed E-state index contributed by atoms with van der Waals surface area (Å²) in [6, 6.07) is 7.62. The summed E-state index contributed by atoms with van der Waals surface area (Å²) in [7, 11) is 1.89. The molecule has 0 aliphatic rings. The number of amides is 1. The van der Waals surface area contributed by atoms with Crippen LogP contribution in [0.3, 0.4) is 0 Å². The van der Waals surface area contributed by atoms with Crippen molar-refractivity contribution in [1.82, 2.24) is 9.78 Å². The third-order valence-electron chi connectivity index (χ3n) is 2.44. The Kier molecular flexibility index (Phi) is 3.62. The first kappa shape index (κ1) is 12.2. The molecule has 0 aliphatic heterocycles. The van der Waals surface area contributed by atoms with E-state index in [0.717, 1.165) is 16.9 Å². The maximum Gasteiger partial charge on any atom is 0.221 e. The van der Waals surface area contributed by atoms with E-state index >= 15 is 0 Å². The lowest BCUT2D eigenvalue weighted by atomic mass is 10.2. The zero-order chi connectivity index (χ0) is 13.0. The number of hydrogen-bond acceptors (Lipinski definition) is 3. The summed E-state index contributed by atoms with van der Waals surface area (Å²) < 4.78 is 1.77. The predicted molar refractivity (Wildman–Crippen MR) is 71.3 cm³/mol. The van der Waals surface area contributed by atoms with Crippen LogP contribution < -0.4 is 10.6 Å². The van der Waals surface area contributed by atoms with Crippen molar-refractivity contribution in [2.75, 3.05) is 10.6 Å². The number of hydrogen-bond donors (Lipinski definition) is 2. The molecule has 1 aromatic carbocycles. The summed E-state index contributed by atoms with van der Waals surface area (Å²) in [5.41, 5.74) is 2.87. The first-order valence-corrected chi connectivity index (χ1v) is 5.72. The molecule has 0 atom stereocenters. The summed E-state index contributed by atoms with van der Waals surface area (Å²) in [4.78, 5) is 11.0. The molecular weight excluding hydrogens is 228 g/mol. The lowest BCUT2D eigenvalue weighted by molar-refractivity contribution is -0.114. The molecule has 1 amide bonds. The summed E-state index contributed by atoms with van der Waals surface area (Å²) in [6.45, 7) is 2.20. The molecule has 94 valence electrons. The summed E-state index contributed by atoms with van der Waals surface area (Å²) in [5.74, 6) is -0.0700. The number of carbonyl (C=O) groups is 1. The van der Waals surface area contributed by atoms with Gasteiger partial charge in [-0.1, -0.05) is 6.07 Å². The molecule has 0 aliphatic carbocycles. The Balaban J connectivity index is 1.98. The SMILES string of the molecule is CC(=O)Nc1cccc(NCc2cnn(C)c2)c1. The molecule has 0 bridgehead atoms. The van der Waals surface area contributed by atoms with Gasteiger partial charge in [0.1, 0.15) is 0 Å². The lowest BCUT2D eigenvalue weighted by Crippen LogP contribution is -2.06. The molecule has 0 fully saturated rings. The fourth-order valence-electron chi connectivity index (χ4n) is 1.68. The molecular formula is C13H16N4O. The van der Waals surface area contributed by atoms with Gasteiger partial charge in [-0.2, -0.15) is 5.10 Å². The number of nitrogens with one attached hydrogen (secondary N) is 2. The Morgan fingerprint density at radius 2 is 2.17 bits per heavy atom. The van der Waals surface area contributed by atoms with Gasteiger partial charge in [0.25, 0.3) is 0 Å². The van der Waals surface area contributed by atoms with E-state index in [1.807, 2.05) is 43.7 Å². The number of carbonyl (C=O) groups excluding carboxylic acids is 1. The van der Waals surface area contributed by atoms with Crippen LogP contribution in [-0.2, 0) is 18.4 Å². The van der Waals surface area contributed by atoms with Gasteiger partial charge in [-0.25, -0.2) is 0 Å². The van der Waals surface area contributed by atoms with Crippen molar-refractivity contribution in [3.05, 3.63) is 42.2 Å². The van der Waals surface area contributed by atoms with Crippen LogP contribution in [0.15, 0.2) is 36.7 Å². The molecule has 1 heterocycles. The second-order valence-corrected chi connectivity index (χ2v) is 4.14. The minimum absolute atomic E-state index is 0.0700. The van der Waals surface area contributed by atoms with Crippen molar-refractivity contribution in [1.29, 1.82) is 0 Å². The maximum absolute atomic E-state index is 11.0. The zero-order valence-corrected chi connectivity index (χ0v) is 10.5. The van der Waals surface area contributed by atoms with Crippen LogP contribution in [-0.4, -0.2) is 15.7 Å². The number of nitrogens with zero attached hydrogens (tertiary/aromatic N) is 2. The van der Waals surface area contributed by atoms with Gasteiger partial charge in [-0.05, 0) is 18.2 Å². The fourth-order valence-corrected chi connectivity index (χ4v) is 1.68. The number of aryl methyl sites for hydroxylation is 1. The van der Waals surface area contributed by atoms with E-state index in [-0.39, 0.29) is 5.91 Å². The minimum atomic E-state index is -0.0700. The van der Waals surface area contributed by atoms with Gasteiger partial charge in [0.2, 0.25) is 5.91 Å². The highest BCUT2D eigenvalue weighted by molar-refractivity contribution is 5.89. The zero-order valence-electron chi connectivity index (χ0n) is 10.5. The van der Waals surface area contributed by atoms with Gasteiger partial charge in [0, 0.05) is 43.7 Å². The van der Waals surface area contributed by atoms with Gasteiger partial charge < -0.3 is 10.6 Å². The number of anilines is 2. The van der Waals surface area contributed by atoms with Crippen molar-refractivity contribution in [3.8, 4) is 0 Å². The summed E-state index contributed by atoms with van der Waals surface area (Å²) in [5, 5.41) is 10.1. The van der Waals surface area contributed by atoms with Crippen LogP contribution in [0.25, 0.3) is 0 Å². The third-order valence-corrected chi connectivity index (χ3v) is 2.44. The van der Waals surface area contributed by atoms with Gasteiger partial charge >= 0.3 is 0 Å². The highest BCUT2D eigenvalue weighted by atomic mass is 16.1. The molecule has 0 saturated carbocycles. The third kappa shape index (κ3) is 3.35. The maximum atomic E-state index is 11.0. The normalized spacial score (nSPS) is 10.1. The quantitative estimate of drug-likeness (QED) is 0.864. The van der Waals surface area contributed by atoms with Crippen LogP contribution in [0, 0.1) is 0 Å². The van der Waals surface area contributed by atoms with E-state index in [1.54, 1.807) is 4.68 Å². The largest absolute Gasteiger partial charge is 0.381 e. The van der Waals surface area contributed by atoms with Crippen molar-refractivity contribution < 1.29 is 4.79 Å². The van der Waals surface area contributed by atoms with Crippen molar-refractivity contribution in [2.24, 2.45) is 7.05 Å². The number of aromatic nitrogens is 2. The molecule has 2 N–H and O–H groups in total. The van der Waals surface area contributed by atoms with E-state index in [9.17, 15) is 4.79 Å². The van der Waals surface area contributed by atoms with Crippen LogP contribution in [0.5, 0.6) is 0 Å². The monoisotopic (exact) mass is 244 g/mol. The van der Waals surface area contributed by atoms with Crippen molar-refractivity contribution >= 4 is 17.3 Å². The minimum Gasteiger partial charge on any atom is -0.381 e. The van der Waals surface area contributed by atoms with Crippen LogP contribution in [0.2, 0.25) is 0 Å². The van der Waals surface area contributed by atoms with E-state index < -0.39 is 0 Å². The first-order valence-electron chi connectivity index (χ1n) is 5.72. The Hall–Kier alpha value is -2.30. The van der Waals surface area contributed by atoms with E-state index in [1.165, 1.54) is 6.92 Å². The smallest absolute Gasteiger partial charge is 0.221 e. The van der Waals surface area contributed by atoms with Crippen LogP contribution >= 0.6 is 0 Å².